The van der Waals surface area contributed by atoms with Crippen LogP contribution < -0.4 is 20.1 Å². The minimum Gasteiger partial charge on any atom is -0.495 e. The normalized spacial score (nSPS) is 10.3. The zero-order chi connectivity index (χ0) is 22.4. The quantitative estimate of drug-likeness (QED) is 0.410. The Balaban J connectivity index is 1.84. The molecule has 2 aromatic carbocycles. The summed E-state index contributed by atoms with van der Waals surface area (Å²) in [4.78, 5) is 35.6. The van der Waals surface area contributed by atoms with Crippen LogP contribution in [0.3, 0.4) is 0 Å². The molecule has 3 aromatic rings. The average molecular weight is 425 g/mol. The number of furan rings is 1. The van der Waals surface area contributed by atoms with Crippen LogP contribution in [0.4, 0.5) is 17.1 Å². The second kappa shape index (κ2) is 9.44. The third-order valence-corrected chi connectivity index (χ3v) is 4.17. The highest BCUT2D eigenvalue weighted by atomic mass is 16.6. The number of benzene rings is 2. The van der Waals surface area contributed by atoms with E-state index < -0.39 is 16.7 Å². The molecule has 0 bridgehead atoms. The first-order chi connectivity index (χ1) is 14.9. The fraction of sp³-hybridized carbons (Fsp3) is 0.143. The first-order valence-electron chi connectivity index (χ1n) is 9.18. The number of carbonyl (C=O) groups is 2. The Hall–Kier alpha value is -4.34. The maximum absolute atomic E-state index is 12.7. The van der Waals surface area contributed by atoms with Crippen molar-refractivity contribution < 1.29 is 28.4 Å². The van der Waals surface area contributed by atoms with Crippen molar-refractivity contribution in [2.75, 3.05) is 24.4 Å². The second-order valence-corrected chi connectivity index (χ2v) is 6.17. The lowest BCUT2D eigenvalue weighted by molar-refractivity contribution is -0.385. The summed E-state index contributed by atoms with van der Waals surface area (Å²) >= 11 is 0. The molecule has 2 amide bonds. The summed E-state index contributed by atoms with van der Waals surface area (Å²) in [5.74, 6) is -0.523. The molecule has 2 N–H and O–H groups in total. The predicted octanol–water partition coefficient (Wildman–Crippen LogP) is 4.10. The number of hydrogen-bond donors (Lipinski definition) is 2. The molecule has 0 saturated heterocycles. The van der Waals surface area contributed by atoms with Crippen LogP contribution in [0.2, 0.25) is 0 Å². The number of nitrogens with zero attached hydrogens (tertiary/aromatic N) is 1. The lowest BCUT2D eigenvalue weighted by Gasteiger charge is -2.13. The van der Waals surface area contributed by atoms with Crippen molar-refractivity contribution in [3.63, 3.8) is 0 Å². The van der Waals surface area contributed by atoms with Crippen molar-refractivity contribution in [2.24, 2.45) is 0 Å². The number of anilines is 2. The molecule has 0 aliphatic rings. The lowest BCUT2D eigenvalue weighted by Crippen LogP contribution is -2.15. The molecule has 10 nitrogen and oxygen atoms in total. The molecular weight excluding hydrogens is 406 g/mol. The summed E-state index contributed by atoms with van der Waals surface area (Å²) in [6, 6.07) is 11.7. The van der Waals surface area contributed by atoms with Crippen molar-refractivity contribution in [2.45, 2.75) is 6.92 Å². The van der Waals surface area contributed by atoms with Crippen LogP contribution in [0.1, 0.15) is 27.8 Å². The summed E-state index contributed by atoms with van der Waals surface area (Å²) in [5.41, 5.74) is 0.389. The van der Waals surface area contributed by atoms with E-state index in [1.165, 1.54) is 37.6 Å². The second-order valence-electron chi connectivity index (χ2n) is 6.17. The maximum Gasteiger partial charge on any atom is 0.311 e. The number of hydrogen-bond acceptors (Lipinski definition) is 7. The van der Waals surface area contributed by atoms with Crippen LogP contribution in [0.15, 0.2) is 59.2 Å². The van der Waals surface area contributed by atoms with Crippen LogP contribution in [0.5, 0.6) is 11.5 Å². The Bertz CT molecular complexity index is 1110. The Kier molecular flexibility index (Phi) is 6.51. The van der Waals surface area contributed by atoms with Gasteiger partial charge < -0.3 is 24.5 Å². The smallest absolute Gasteiger partial charge is 0.311 e. The molecule has 1 heterocycles. The van der Waals surface area contributed by atoms with Gasteiger partial charge >= 0.3 is 5.69 Å². The predicted molar refractivity (Wildman–Crippen MR) is 112 cm³/mol. The maximum atomic E-state index is 12.7. The highest BCUT2D eigenvalue weighted by molar-refractivity contribution is 6.07. The number of ether oxygens (including phenoxy) is 2. The van der Waals surface area contributed by atoms with E-state index in [4.69, 9.17) is 13.9 Å². The van der Waals surface area contributed by atoms with Gasteiger partial charge in [0.2, 0.25) is 0 Å². The Labute approximate surface area is 176 Å². The summed E-state index contributed by atoms with van der Waals surface area (Å²) in [7, 11) is 1.42. The highest BCUT2D eigenvalue weighted by Crippen LogP contribution is 2.31. The standard InChI is InChI=1S/C21H19N3O7/c1-3-30-18-8-6-13(11-16(18)24(27)28)20(25)23-15-12-14(7-9-17(15)29-2)22-21(26)19-5-4-10-31-19/h4-12H,3H2,1-2H3,(H,22,26)(H,23,25). The van der Waals surface area contributed by atoms with E-state index >= 15 is 0 Å². The van der Waals surface area contributed by atoms with Gasteiger partial charge in [-0.2, -0.15) is 0 Å². The van der Waals surface area contributed by atoms with Gasteiger partial charge in [0, 0.05) is 17.3 Å². The summed E-state index contributed by atoms with van der Waals surface area (Å²) in [5, 5.41) is 16.6. The topological polar surface area (TPSA) is 133 Å². The molecule has 31 heavy (non-hydrogen) atoms. The van der Waals surface area contributed by atoms with Gasteiger partial charge in [-0.25, -0.2) is 0 Å². The first kappa shape index (κ1) is 21.4. The molecule has 3 rings (SSSR count). The molecule has 160 valence electrons. The molecule has 0 aliphatic heterocycles. The fourth-order valence-electron chi connectivity index (χ4n) is 2.76. The van der Waals surface area contributed by atoms with Gasteiger partial charge in [0.25, 0.3) is 11.8 Å². The highest BCUT2D eigenvalue weighted by Gasteiger charge is 2.20. The molecule has 0 unspecified atom stereocenters. The van der Waals surface area contributed by atoms with E-state index in [9.17, 15) is 19.7 Å². The van der Waals surface area contributed by atoms with Gasteiger partial charge in [0.1, 0.15) is 5.75 Å². The van der Waals surface area contributed by atoms with Gasteiger partial charge in [-0.15, -0.1) is 0 Å². The third kappa shape index (κ3) is 4.99. The third-order valence-electron chi connectivity index (χ3n) is 4.17. The number of rotatable bonds is 8. The zero-order valence-electron chi connectivity index (χ0n) is 16.7. The van der Waals surface area contributed by atoms with Crippen molar-refractivity contribution in [1.29, 1.82) is 0 Å². The zero-order valence-corrected chi connectivity index (χ0v) is 16.7. The Morgan fingerprint density at radius 2 is 1.84 bits per heavy atom. The van der Waals surface area contributed by atoms with Crippen molar-refractivity contribution in [3.8, 4) is 11.5 Å². The van der Waals surface area contributed by atoms with E-state index in [1.807, 2.05) is 0 Å². The lowest BCUT2D eigenvalue weighted by atomic mass is 10.1. The van der Waals surface area contributed by atoms with Gasteiger partial charge in [-0.1, -0.05) is 0 Å². The molecule has 0 radical (unpaired) electrons. The number of nitro groups is 1. The monoisotopic (exact) mass is 425 g/mol. The molecule has 0 spiro atoms. The summed E-state index contributed by atoms with van der Waals surface area (Å²) < 4.78 is 15.5. The van der Waals surface area contributed by atoms with E-state index in [2.05, 4.69) is 10.6 Å². The van der Waals surface area contributed by atoms with Gasteiger partial charge in [0.05, 0.1) is 30.6 Å². The largest absolute Gasteiger partial charge is 0.495 e. The minimum atomic E-state index is -0.618. The molecule has 0 aliphatic carbocycles. The van der Waals surface area contributed by atoms with E-state index in [-0.39, 0.29) is 35.1 Å². The molecule has 1 aromatic heterocycles. The molecule has 0 fully saturated rings. The first-order valence-corrected chi connectivity index (χ1v) is 9.18. The van der Waals surface area contributed by atoms with Crippen LogP contribution in [0.25, 0.3) is 0 Å². The number of amides is 2. The van der Waals surface area contributed by atoms with E-state index in [1.54, 1.807) is 25.1 Å². The summed E-state index contributed by atoms with van der Waals surface area (Å²) in [6.45, 7) is 1.95. The Morgan fingerprint density at radius 3 is 2.48 bits per heavy atom. The fourth-order valence-corrected chi connectivity index (χ4v) is 2.76. The van der Waals surface area contributed by atoms with Crippen LogP contribution in [-0.4, -0.2) is 30.5 Å². The minimum absolute atomic E-state index is 0.0576. The number of carbonyl (C=O) groups excluding carboxylic acids is 2. The van der Waals surface area contributed by atoms with E-state index in [0.717, 1.165) is 6.07 Å². The Morgan fingerprint density at radius 1 is 1.06 bits per heavy atom. The summed E-state index contributed by atoms with van der Waals surface area (Å²) in [6.07, 6.45) is 1.38. The van der Waals surface area contributed by atoms with Gasteiger partial charge in [-0.05, 0) is 49.4 Å². The average Bonchev–Trinajstić information content (AvgIpc) is 3.29. The van der Waals surface area contributed by atoms with Crippen molar-refractivity contribution in [3.05, 3.63) is 76.2 Å². The number of nitrogens with one attached hydrogen (secondary N) is 2. The van der Waals surface area contributed by atoms with Crippen LogP contribution in [0, 0.1) is 10.1 Å². The van der Waals surface area contributed by atoms with E-state index in [0.29, 0.717) is 11.4 Å². The van der Waals surface area contributed by atoms with Gasteiger partial charge in [0.15, 0.2) is 11.5 Å². The number of nitro benzene ring substituents is 1. The SMILES string of the molecule is CCOc1ccc(C(=O)Nc2cc(NC(=O)c3ccco3)ccc2OC)cc1[N+](=O)[O-]. The molecule has 10 heteroatoms. The molecule has 0 saturated carbocycles. The van der Waals surface area contributed by atoms with Crippen LogP contribution in [-0.2, 0) is 0 Å². The number of methoxy groups -OCH3 is 1. The van der Waals surface area contributed by atoms with Crippen LogP contribution >= 0.6 is 0 Å². The molecular formula is C21H19N3O7. The molecule has 0 atom stereocenters. The van der Waals surface area contributed by atoms with Crippen molar-refractivity contribution in [1.82, 2.24) is 0 Å². The van der Waals surface area contributed by atoms with Gasteiger partial charge in [-0.3, -0.25) is 19.7 Å². The van der Waals surface area contributed by atoms with Crippen molar-refractivity contribution >= 4 is 28.9 Å².